The lowest BCUT2D eigenvalue weighted by Crippen LogP contribution is -2.33. The molecule has 12 aromatic rings. The van der Waals surface area contributed by atoms with E-state index < -0.39 is 10.8 Å². The summed E-state index contributed by atoms with van der Waals surface area (Å²) in [5, 5.41) is 2.53. The highest BCUT2D eigenvalue weighted by molar-refractivity contribution is 6.18. The minimum absolute atomic E-state index is 0.112. The van der Waals surface area contributed by atoms with E-state index in [0.29, 0.717) is 0 Å². The van der Waals surface area contributed by atoms with Gasteiger partial charge in [-0.15, -0.1) is 0 Å². The minimum atomic E-state index is -0.791. The van der Waals surface area contributed by atoms with E-state index in [1.165, 1.54) is 83.1 Å². The van der Waals surface area contributed by atoms with E-state index in [4.69, 9.17) is 14.7 Å². The standard InChI is InChI=1S/C69H43N3O/c1-67(2)49-23-10-9-22-46(49)63-54(67)32-33-59-64(63)47-31-30-40(36-60(47)72(59)42-17-4-3-5-18-42)41-35-58-66(71-39-41)65-55(28-16-34-70-65)69(58)53-27-14-15-29-61(53)73-62-38-56-48(37-57(62)69)45-21-8-13-26-52(45)68(56)50-24-11-6-19-43(50)44-20-7-12-25-51(44)68/h3-39H,1-2H3. The van der Waals surface area contributed by atoms with Crippen molar-refractivity contribution in [3.05, 3.63) is 280 Å². The molecule has 2 spiro atoms. The van der Waals surface area contributed by atoms with Gasteiger partial charge in [-0.3, -0.25) is 9.97 Å². The number of hydrogen-bond donors (Lipinski definition) is 0. The molecule has 0 saturated heterocycles. The van der Waals surface area contributed by atoms with Crippen LogP contribution in [0.2, 0.25) is 0 Å². The fraction of sp³-hybridized carbons (Fsp3) is 0.0725. The fourth-order valence-corrected chi connectivity index (χ4v) is 14.7. The molecule has 1 aliphatic heterocycles. The molecule has 17 rings (SSSR count). The van der Waals surface area contributed by atoms with E-state index in [2.05, 4.69) is 237 Å². The minimum Gasteiger partial charge on any atom is -0.457 e. The average Bonchev–Trinajstić information content (AvgIpc) is 4.19. The molecule has 3 aromatic heterocycles. The van der Waals surface area contributed by atoms with Gasteiger partial charge in [0.1, 0.15) is 11.5 Å². The first-order valence-electron chi connectivity index (χ1n) is 25.5. The van der Waals surface area contributed by atoms with Gasteiger partial charge in [-0.05, 0) is 132 Å². The molecule has 4 heteroatoms. The third-order valence-electron chi connectivity index (χ3n) is 17.6. The molecule has 0 bridgehead atoms. The predicted octanol–water partition coefficient (Wildman–Crippen LogP) is 16.4. The summed E-state index contributed by atoms with van der Waals surface area (Å²) in [5.41, 5.74) is 26.1. The topological polar surface area (TPSA) is 39.9 Å². The molecular weight excluding hydrogens is 887 g/mol. The van der Waals surface area contributed by atoms with Gasteiger partial charge >= 0.3 is 0 Å². The van der Waals surface area contributed by atoms with E-state index in [1.807, 2.05) is 6.20 Å². The molecule has 340 valence electrons. The average molecular weight is 930 g/mol. The fourth-order valence-electron chi connectivity index (χ4n) is 14.7. The first-order chi connectivity index (χ1) is 36.0. The van der Waals surface area contributed by atoms with Gasteiger partial charge in [0.15, 0.2) is 0 Å². The van der Waals surface area contributed by atoms with E-state index in [0.717, 1.165) is 67.5 Å². The zero-order valence-corrected chi connectivity index (χ0v) is 40.1. The van der Waals surface area contributed by atoms with Crippen molar-refractivity contribution >= 4 is 21.8 Å². The van der Waals surface area contributed by atoms with Gasteiger partial charge in [-0.25, -0.2) is 0 Å². The number of rotatable bonds is 2. The molecule has 0 saturated carbocycles. The van der Waals surface area contributed by atoms with Crippen LogP contribution in [0.15, 0.2) is 225 Å². The Morgan fingerprint density at radius 2 is 1.00 bits per heavy atom. The van der Waals surface area contributed by atoms with Gasteiger partial charge in [0.25, 0.3) is 0 Å². The predicted molar refractivity (Wildman–Crippen MR) is 293 cm³/mol. The highest BCUT2D eigenvalue weighted by Crippen LogP contribution is 2.67. The summed E-state index contributed by atoms with van der Waals surface area (Å²) in [6.45, 7) is 4.73. The first kappa shape index (κ1) is 39.6. The summed E-state index contributed by atoms with van der Waals surface area (Å²) in [6.07, 6.45) is 3.97. The molecule has 9 aromatic carbocycles. The van der Waals surface area contributed by atoms with Crippen LogP contribution in [0.1, 0.15) is 69.5 Å². The summed E-state index contributed by atoms with van der Waals surface area (Å²) in [7, 11) is 0. The van der Waals surface area contributed by atoms with Gasteiger partial charge < -0.3 is 9.30 Å². The molecule has 1 unspecified atom stereocenters. The normalized spacial score (nSPS) is 16.7. The summed E-state index contributed by atoms with van der Waals surface area (Å²) in [6, 6.07) is 78.9. The third kappa shape index (κ3) is 4.65. The van der Waals surface area contributed by atoms with Crippen molar-refractivity contribution in [1.29, 1.82) is 0 Å². The molecule has 0 N–H and O–H groups in total. The Kier molecular flexibility index (Phi) is 7.39. The number of pyridine rings is 2. The summed E-state index contributed by atoms with van der Waals surface area (Å²) >= 11 is 0. The number of aromatic nitrogens is 3. The van der Waals surface area contributed by atoms with Crippen molar-refractivity contribution in [2.45, 2.75) is 30.1 Å². The van der Waals surface area contributed by atoms with Crippen LogP contribution < -0.4 is 4.74 Å². The molecule has 4 heterocycles. The van der Waals surface area contributed by atoms with Gasteiger partial charge in [0.05, 0.1) is 33.3 Å². The third-order valence-corrected chi connectivity index (χ3v) is 17.6. The van der Waals surface area contributed by atoms with Crippen LogP contribution >= 0.6 is 0 Å². The molecule has 1 atom stereocenters. The van der Waals surface area contributed by atoms with E-state index in [-0.39, 0.29) is 5.41 Å². The number of benzene rings is 9. The largest absolute Gasteiger partial charge is 0.457 e. The summed E-state index contributed by atoms with van der Waals surface area (Å²) in [4.78, 5) is 10.6. The SMILES string of the molecule is CC1(C)c2ccccc2-c2c1ccc1c2c2ccc(-c3cnc4c(c3)C3(c5ccccc5Oc5cc6c(cc53)-c3ccccc3C63c5ccccc5-c5ccccc53)c3cccnc3-4)cc2n1-c1ccccc1. The van der Waals surface area contributed by atoms with Gasteiger partial charge in [0.2, 0.25) is 0 Å². The van der Waals surface area contributed by atoms with Gasteiger partial charge in [-0.1, -0.05) is 172 Å². The lowest BCUT2D eigenvalue weighted by Gasteiger charge is -2.40. The van der Waals surface area contributed by atoms with Gasteiger partial charge in [0, 0.05) is 56.5 Å². The van der Waals surface area contributed by atoms with Crippen LogP contribution in [0.5, 0.6) is 11.5 Å². The highest BCUT2D eigenvalue weighted by Gasteiger charge is 2.56. The van der Waals surface area contributed by atoms with Crippen LogP contribution in [0.25, 0.3) is 83.4 Å². The maximum atomic E-state index is 7.27. The Balaban J connectivity index is 0.929. The second-order valence-electron chi connectivity index (χ2n) is 21.1. The Morgan fingerprint density at radius 3 is 1.75 bits per heavy atom. The van der Waals surface area contributed by atoms with Crippen LogP contribution in [0.4, 0.5) is 0 Å². The lowest BCUT2D eigenvalue weighted by molar-refractivity contribution is 0.435. The Labute approximate surface area is 422 Å². The van der Waals surface area contributed by atoms with E-state index in [1.54, 1.807) is 0 Å². The second kappa shape index (κ2) is 13.6. The zero-order valence-electron chi connectivity index (χ0n) is 40.1. The molecule has 4 nitrogen and oxygen atoms in total. The maximum Gasteiger partial charge on any atom is 0.132 e. The molecule has 73 heavy (non-hydrogen) atoms. The van der Waals surface area contributed by atoms with Crippen molar-refractivity contribution in [3.8, 4) is 73.1 Å². The van der Waals surface area contributed by atoms with Crippen molar-refractivity contribution in [2.75, 3.05) is 0 Å². The van der Waals surface area contributed by atoms with E-state index in [9.17, 15) is 0 Å². The van der Waals surface area contributed by atoms with Crippen molar-refractivity contribution in [3.63, 3.8) is 0 Å². The number of fused-ring (bicyclic) bond motifs is 26. The van der Waals surface area contributed by atoms with Crippen molar-refractivity contribution < 1.29 is 4.74 Å². The molecule has 0 amide bonds. The van der Waals surface area contributed by atoms with E-state index >= 15 is 0 Å². The summed E-state index contributed by atoms with van der Waals surface area (Å²) < 4.78 is 9.73. The molecule has 0 fully saturated rings. The highest BCUT2D eigenvalue weighted by atomic mass is 16.5. The summed E-state index contributed by atoms with van der Waals surface area (Å²) in [5.74, 6) is 1.69. The number of nitrogens with zero attached hydrogens (tertiary/aromatic N) is 3. The Hall–Kier alpha value is -9.12. The smallest absolute Gasteiger partial charge is 0.132 e. The Morgan fingerprint density at radius 1 is 0.384 bits per heavy atom. The van der Waals surface area contributed by atoms with Crippen molar-refractivity contribution in [2.24, 2.45) is 0 Å². The van der Waals surface area contributed by atoms with Crippen LogP contribution in [0.3, 0.4) is 0 Å². The molecular formula is C69H43N3O. The first-order valence-corrected chi connectivity index (χ1v) is 25.5. The zero-order chi connectivity index (χ0) is 48.0. The number of hydrogen-bond acceptors (Lipinski definition) is 3. The molecule has 0 radical (unpaired) electrons. The number of para-hydroxylation sites is 2. The maximum absolute atomic E-state index is 7.27. The molecule has 5 aliphatic rings. The van der Waals surface area contributed by atoms with Crippen LogP contribution in [0, 0.1) is 0 Å². The Bertz CT molecular complexity index is 4420. The van der Waals surface area contributed by atoms with Crippen LogP contribution in [-0.2, 0) is 16.2 Å². The quantitative estimate of drug-likeness (QED) is 0.173. The number of ether oxygens (including phenoxy) is 1. The lowest BCUT2D eigenvalue weighted by atomic mass is 9.65. The van der Waals surface area contributed by atoms with Crippen molar-refractivity contribution in [1.82, 2.24) is 14.5 Å². The monoisotopic (exact) mass is 929 g/mol. The molecule has 4 aliphatic carbocycles. The second-order valence-corrected chi connectivity index (χ2v) is 21.1. The van der Waals surface area contributed by atoms with Gasteiger partial charge in [-0.2, -0.15) is 0 Å². The van der Waals surface area contributed by atoms with Crippen LogP contribution in [-0.4, -0.2) is 14.5 Å².